The van der Waals surface area contributed by atoms with E-state index in [1.807, 2.05) is 0 Å². The van der Waals surface area contributed by atoms with Crippen LogP contribution in [0.1, 0.15) is 16.1 Å². The van der Waals surface area contributed by atoms with Crippen LogP contribution in [0.5, 0.6) is 5.75 Å². The highest BCUT2D eigenvalue weighted by atomic mass is 35.5. The summed E-state index contributed by atoms with van der Waals surface area (Å²) in [5.41, 5.74) is -0.572. The summed E-state index contributed by atoms with van der Waals surface area (Å²) in [5, 5.41) is 9.42. The highest BCUT2D eigenvalue weighted by molar-refractivity contribution is 6.67. The van der Waals surface area contributed by atoms with Gasteiger partial charge in [0, 0.05) is 13.0 Å². The fourth-order valence-electron chi connectivity index (χ4n) is 1.10. The molecule has 1 aromatic heterocycles. The molecule has 0 aromatic carbocycles. The van der Waals surface area contributed by atoms with Crippen molar-refractivity contribution < 1.29 is 27.6 Å². The van der Waals surface area contributed by atoms with Crippen molar-refractivity contribution in [2.24, 2.45) is 0 Å². The quantitative estimate of drug-likeness (QED) is 0.484. The fraction of sp³-hybridized carbons (Fsp3) is 0.250. The molecule has 1 rings (SSSR count). The molecule has 6 nitrogen and oxygen atoms in total. The maximum absolute atomic E-state index is 12.0. The van der Waals surface area contributed by atoms with E-state index in [-0.39, 0.29) is 5.69 Å². The second kappa shape index (κ2) is 4.77. The number of nitrogens with zero attached hydrogens (tertiary/aromatic N) is 2. The molecular formula is C8H4ClF3N2O4. The molecule has 0 N–H and O–H groups in total. The first-order chi connectivity index (χ1) is 8.11. The Morgan fingerprint density at radius 2 is 2.11 bits per heavy atom. The van der Waals surface area contributed by atoms with Crippen LogP contribution >= 0.6 is 11.6 Å². The number of halogens is 4. The van der Waals surface area contributed by atoms with Crippen molar-refractivity contribution in [1.82, 2.24) is 4.98 Å². The predicted molar refractivity (Wildman–Crippen MR) is 52.5 cm³/mol. The van der Waals surface area contributed by atoms with Crippen molar-refractivity contribution in [3.63, 3.8) is 0 Å². The number of alkyl halides is 3. The number of pyridine rings is 1. The molecule has 98 valence electrons. The third-order valence-electron chi connectivity index (χ3n) is 1.77. The zero-order valence-electron chi connectivity index (χ0n) is 8.62. The number of hydrogen-bond acceptors (Lipinski definition) is 5. The molecule has 0 unspecified atom stereocenters. The summed E-state index contributed by atoms with van der Waals surface area (Å²) in [4.78, 5) is 23.5. The van der Waals surface area contributed by atoms with E-state index in [2.05, 4.69) is 9.72 Å². The molecular weight excluding hydrogens is 281 g/mol. The van der Waals surface area contributed by atoms with E-state index in [1.54, 1.807) is 0 Å². The molecule has 0 radical (unpaired) electrons. The molecule has 1 aromatic rings. The lowest BCUT2D eigenvalue weighted by Gasteiger charge is -2.09. The summed E-state index contributed by atoms with van der Waals surface area (Å²) in [7, 11) is 0. The van der Waals surface area contributed by atoms with Crippen molar-refractivity contribution >= 4 is 22.7 Å². The van der Waals surface area contributed by atoms with Gasteiger partial charge in [0.2, 0.25) is 5.75 Å². The van der Waals surface area contributed by atoms with Gasteiger partial charge in [0.15, 0.2) is 5.69 Å². The summed E-state index contributed by atoms with van der Waals surface area (Å²) in [6.45, 7) is 1.19. The lowest BCUT2D eigenvalue weighted by molar-refractivity contribution is -0.393. The highest BCUT2D eigenvalue weighted by Gasteiger charge is 2.36. The fourth-order valence-corrected chi connectivity index (χ4v) is 1.30. The molecule has 0 fully saturated rings. The Labute approximate surface area is 102 Å². The van der Waals surface area contributed by atoms with Crippen LogP contribution in [0.25, 0.3) is 0 Å². The number of aryl methyl sites for hydroxylation is 1. The first-order valence-corrected chi connectivity index (χ1v) is 4.61. The average Bonchev–Trinajstić information content (AvgIpc) is 2.17. The first-order valence-electron chi connectivity index (χ1n) is 4.23. The molecule has 0 bridgehead atoms. The van der Waals surface area contributed by atoms with Gasteiger partial charge in [-0.15, -0.1) is 13.2 Å². The lowest BCUT2D eigenvalue weighted by Crippen LogP contribution is -2.19. The van der Waals surface area contributed by atoms with E-state index >= 15 is 0 Å². The van der Waals surface area contributed by atoms with E-state index in [0.717, 1.165) is 0 Å². The van der Waals surface area contributed by atoms with Crippen molar-refractivity contribution in [2.45, 2.75) is 13.3 Å². The Morgan fingerprint density at radius 3 is 2.50 bits per heavy atom. The van der Waals surface area contributed by atoms with Gasteiger partial charge in [-0.25, -0.2) is 0 Å². The third kappa shape index (κ3) is 3.29. The van der Waals surface area contributed by atoms with Gasteiger partial charge in [-0.1, -0.05) is 0 Å². The zero-order chi connectivity index (χ0) is 14.1. The molecule has 0 saturated heterocycles. The molecule has 0 amide bonds. The minimum Gasteiger partial charge on any atom is -0.397 e. The molecule has 10 heteroatoms. The average molecular weight is 285 g/mol. The van der Waals surface area contributed by atoms with Crippen molar-refractivity contribution in [1.29, 1.82) is 0 Å². The topological polar surface area (TPSA) is 82.3 Å². The maximum atomic E-state index is 12.0. The minimum atomic E-state index is -5.14. The standard InChI is InChI=1S/C8H4ClF3N2O4/c1-3-4(6(9)15)2-5(18-8(10,11)12)7(13-3)14(16)17/h2H,1H3. The van der Waals surface area contributed by atoms with Gasteiger partial charge >= 0.3 is 12.2 Å². The summed E-state index contributed by atoms with van der Waals surface area (Å²) in [6, 6.07) is 0.531. The number of nitro groups is 1. The third-order valence-corrected chi connectivity index (χ3v) is 1.97. The van der Waals surface area contributed by atoms with Crippen LogP contribution < -0.4 is 4.74 Å². The minimum absolute atomic E-state index is 0.170. The Bertz CT molecular complexity index is 518. The van der Waals surface area contributed by atoms with Crippen molar-refractivity contribution in [3.8, 4) is 5.75 Å². The lowest BCUT2D eigenvalue weighted by atomic mass is 10.2. The smallest absolute Gasteiger partial charge is 0.397 e. The first kappa shape index (κ1) is 14.2. The normalized spacial score (nSPS) is 11.2. The molecule has 0 aliphatic rings. The second-order valence-corrected chi connectivity index (χ2v) is 3.36. The van der Waals surface area contributed by atoms with Crippen LogP contribution in [0.15, 0.2) is 6.07 Å². The molecule has 18 heavy (non-hydrogen) atoms. The van der Waals surface area contributed by atoms with Crippen LogP contribution in [-0.2, 0) is 0 Å². The Kier molecular flexibility index (Phi) is 3.75. The molecule has 1 heterocycles. The van der Waals surface area contributed by atoms with E-state index in [1.165, 1.54) is 6.92 Å². The predicted octanol–water partition coefficient (Wildman–Crippen LogP) is 2.58. The van der Waals surface area contributed by atoms with Gasteiger partial charge in [-0.05, 0) is 21.5 Å². The summed E-state index contributed by atoms with van der Waals surface area (Å²) in [6.07, 6.45) is -5.14. The van der Waals surface area contributed by atoms with Gasteiger partial charge in [0.05, 0.1) is 5.56 Å². The highest BCUT2D eigenvalue weighted by Crippen LogP contribution is 2.32. The number of carbonyl (C=O) groups excluding carboxylic acids is 1. The second-order valence-electron chi connectivity index (χ2n) is 3.02. The van der Waals surface area contributed by atoms with Crippen molar-refractivity contribution in [3.05, 3.63) is 27.4 Å². The van der Waals surface area contributed by atoms with Gasteiger partial charge in [0.1, 0.15) is 0 Å². The molecule has 0 atom stereocenters. The van der Waals surface area contributed by atoms with Gasteiger partial charge in [-0.3, -0.25) is 4.79 Å². The molecule has 0 aliphatic heterocycles. The molecule has 0 spiro atoms. The van der Waals surface area contributed by atoms with E-state index in [0.29, 0.717) is 6.07 Å². The van der Waals surface area contributed by atoms with Gasteiger partial charge < -0.3 is 14.9 Å². The largest absolute Gasteiger partial charge is 0.573 e. The Balaban J connectivity index is 3.40. The number of aromatic nitrogens is 1. The SMILES string of the molecule is Cc1nc([N+](=O)[O-])c(OC(F)(F)F)cc1C(=O)Cl. The van der Waals surface area contributed by atoms with E-state index in [9.17, 15) is 28.1 Å². The van der Waals surface area contributed by atoms with Gasteiger partial charge in [-0.2, -0.15) is 0 Å². The van der Waals surface area contributed by atoms with Crippen molar-refractivity contribution in [2.75, 3.05) is 0 Å². The molecule has 0 saturated carbocycles. The Hall–Kier alpha value is -1.90. The summed E-state index contributed by atoms with van der Waals surface area (Å²) in [5.74, 6) is -2.34. The van der Waals surface area contributed by atoms with Crippen LogP contribution in [0.2, 0.25) is 0 Å². The number of hydrogen-bond donors (Lipinski definition) is 0. The summed E-state index contributed by atoms with van der Waals surface area (Å²) >= 11 is 5.10. The Morgan fingerprint density at radius 1 is 1.56 bits per heavy atom. The number of rotatable bonds is 3. The number of ether oxygens (including phenoxy) is 1. The van der Waals surface area contributed by atoms with Crippen LogP contribution in [0.4, 0.5) is 19.0 Å². The van der Waals surface area contributed by atoms with Crippen LogP contribution in [0, 0.1) is 17.0 Å². The number of carbonyl (C=O) groups is 1. The van der Waals surface area contributed by atoms with Crippen LogP contribution in [-0.4, -0.2) is 21.5 Å². The summed E-state index contributed by atoms with van der Waals surface area (Å²) < 4.78 is 39.5. The monoisotopic (exact) mass is 284 g/mol. The van der Waals surface area contributed by atoms with E-state index < -0.39 is 33.7 Å². The maximum Gasteiger partial charge on any atom is 0.573 e. The van der Waals surface area contributed by atoms with Gasteiger partial charge in [0.25, 0.3) is 5.24 Å². The van der Waals surface area contributed by atoms with Crippen LogP contribution in [0.3, 0.4) is 0 Å². The molecule has 0 aliphatic carbocycles. The van der Waals surface area contributed by atoms with E-state index in [4.69, 9.17) is 11.6 Å². The zero-order valence-corrected chi connectivity index (χ0v) is 9.37.